The van der Waals surface area contributed by atoms with Gasteiger partial charge in [0.25, 0.3) is 0 Å². The van der Waals surface area contributed by atoms with Crippen molar-refractivity contribution in [1.29, 1.82) is 0 Å². The van der Waals surface area contributed by atoms with Crippen LogP contribution >= 0.6 is 0 Å². The lowest BCUT2D eigenvalue weighted by Crippen LogP contribution is -2.70. The highest BCUT2D eigenvalue weighted by Crippen LogP contribution is 2.37. The molecule has 0 radical (unpaired) electrons. The topological polar surface area (TPSA) is 110 Å². The third-order valence-corrected chi connectivity index (χ3v) is 8.32. The minimum atomic E-state index is -1.51. The van der Waals surface area contributed by atoms with E-state index in [9.17, 15) is 15.3 Å². The Morgan fingerprint density at radius 3 is 1.46 bits per heavy atom. The molecule has 0 aromatic heterocycles. The van der Waals surface area contributed by atoms with E-state index >= 15 is 0 Å². The molecule has 0 aliphatic heterocycles. The third-order valence-electron chi connectivity index (χ3n) is 8.32. The number of hydrogen-bond donors (Lipinski definition) is 4. The van der Waals surface area contributed by atoms with Crippen LogP contribution in [0.2, 0.25) is 0 Å². The summed E-state index contributed by atoms with van der Waals surface area (Å²) < 4.78 is 26.1. The molecule has 0 saturated heterocycles. The first-order valence-electron chi connectivity index (χ1n) is 15.9. The molecule has 8 nitrogen and oxygen atoms in total. The second-order valence-corrected chi connectivity index (χ2v) is 11.9. The Bertz CT molecular complexity index is 1390. The number of benzene rings is 4. The van der Waals surface area contributed by atoms with E-state index in [1.54, 1.807) is 0 Å². The maximum Gasteiger partial charge on any atom is 0.118 e. The molecular weight excluding hydrogens is 582 g/mol. The van der Waals surface area contributed by atoms with Crippen molar-refractivity contribution in [3.8, 4) is 0 Å². The summed E-state index contributed by atoms with van der Waals surface area (Å²) in [6, 6.07) is 38.2. The van der Waals surface area contributed by atoms with Gasteiger partial charge in [-0.3, -0.25) is 0 Å². The monoisotopic (exact) mass is 627 g/mol. The van der Waals surface area contributed by atoms with E-state index in [0.29, 0.717) is 13.2 Å². The Kier molecular flexibility index (Phi) is 12.9. The second-order valence-electron chi connectivity index (χ2n) is 11.9. The highest BCUT2D eigenvalue weighted by atomic mass is 16.6. The van der Waals surface area contributed by atoms with Crippen LogP contribution in [0.15, 0.2) is 121 Å². The summed E-state index contributed by atoms with van der Waals surface area (Å²) in [5.41, 5.74) is 2.38. The van der Waals surface area contributed by atoms with Crippen molar-refractivity contribution >= 4 is 0 Å². The van der Waals surface area contributed by atoms with Gasteiger partial charge in [0.1, 0.15) is 23.9 Å². The predicted octanol–water partition coefficient (Wildman–Crippen LogP) is 4.41. The van der Waals surface area contributed by atoms with Gasteiger partial charge >= 0.3 is 0 Å². The van der Waals surface area contributed by atoms with Gasteiger partial charge in [-0.25, -0.2) is 0 Å². The lowest BCUT2D eigenvalue weighted by molar-refractivity contribution is -0.256. The van der Waals surface area contributed by atoms with Crippen molar-refractivity contribution in [2.45, 2.75) is 68.8 Å². The number of ether oxygens (including phenoxy) is 4. The third kappa shape index (κ3) is 9.54. The molecule has 244 valence electrons. The largest absolute Gasteiger partial charge is 0.395 e. The molecule has 0 bridgehead atoms. The molecule has 0 unspecified atom stereocenters. The van der Waals surface area contributed by atoms with Crippen LogP contribution in [0.25, 0.3) is 0 Å². The molecule has 5 rings (SSSR count). The van der Waals surface area contributed by atoms with E-state index in [1.165, 1.54) is 0 Å². The van der Waals surface area contributed by atoms with Gasteiger partial charge in [-0.15, -0.1) is 0 Å². The Morgan fingerprint density at radius 1 is 0.587 bits per heavy atom. The van der Waals surface area contributed by atoms with E-state index < -0.39 is 36.0 Å². The van der Waals surface area contributed by atoms with Crippen LogP contribution in [0.5, 0.6) is 0 Å². The zero-order chi connectivity index (χ0) is 32.0. The lowest BCUT2D eigenvalue weighted by Gasteiger charge is -2.51. The molecule has 0 spiro atoms. The first kappa shape index (κ1) is 33.9. The van der Waals surface area contributed by atoms with E-state index in [2.05, 4.69) is 5.32 Å². The average molecular weight is 628 g/mol. The smallest absolute Gasteiger partial charge is 0.118 e. The molecule has 1 aliphatic rings. The van der Waals surface area contributed by atoms with Crippen LogP contribution in [-0.4, -0.2) is 71.1 Å². The van der Waals surface area contributed by atoms with Crippen LogP contribution in [0.1, 0.15) is 28.7 Å². The molecule has 46 heavy (non-hydrogen) atoms. The quantitative estimate of drug-likeness (QED) is 0.136. The standard InChI is InChI=1S/C38H45NO7/c40-22-33(23-41)39-34-21-38(42,28-43-24-29-13-5-1-6-14-29)37(46-27-32-19-11-4-12-20-32)36(45-26-31-17-9-3-10-18-31)35(34)44-25-30-15-7-2-8-16-30/h1-20,33-37,39-42H,21-28H2/t34-,35+,36-,37+,38+/m1/s1. The van der Waals surface area contributed by atoms with Crippen molar-refractivity contribution < 1.29 is 34.3 Å². The number of aliphatic hydroxyl groups excluding tert-OH is 2. The van der Waals surface area contributed by atoms with Crippen LogP contribution in [0.3, 0.4) is 0 Å². The summed E-state index contributed by atoms with van der Waals surface area (Å²) in [5.74, 6) is 0. The SMILES string of the molecule is OCC(CO)N[C@@H]1C[C@](O)(COCc2ccccc2)[C@@H](OCc2ccccc2)[C@H](OCc2ccccc2)[C@H]1OCc1ccccc1. The molecular formula is C38H45NO7. The number of rotatable bonds is 17. The van der Waals surface area contributed by atoms with E-state index in [1.807, 2.05) is 121 Å². The van der Waals surface area contributed by atoms with Crippen LogP contribution in [0, 0.1) is 0 Å². The Hall–Kier alpha value is -3.44. The van der Waals surface area contributed by atoms with Crippen LogP contribution < -0.4 is 5.32 Å². The Balaban J connectivity index is 1.48. The van der Waals surface area contributed by atoms with Gasteiger partial charge in [0.2, 0.25) is 0 Å². The van der Waals surface area contributed by atoms with Crippen molar-refractivity contribution in [1.82, 2.24) is 5.32 Å². The molecule has 0 heterocycles. The molecule has 5 atom stereocenters. The predicted molar refractivity (Wildman–Crippen MR) is 176 cm³/mol. The average Bonchev–Trinajstić information content (AvgIpc) is 3.10. The van der Waals surface area contributed by atoms with Crippen LogP contribution in [-0.2, 0) is 45.4 Å². The van der Waals surface area contributed by atoms with E-state index in [4.69, 9.17) is 18.9 Å². The highest BCUT2D eigenvalue weighted by molar-refractivity contribution is 5.18. The summed E-state index contributed by atoms with van der Waals surface area (Å²) in [5, 5.41) is 35.9. The van der Waals surface area contributed by atoms with Gasteiger partial charge in [-0.05, 0) is 28.7 Å². The van der Waals surface area contributed by atoms with Gasteiger partial charge in [0.15, 0.2) is 0 Å². The minimum Gasteiger partial charge on any atom is -0.395 e. The second kappa shape index (κ2) is 17.5. The molecule has 4 aromatic carbocycles. The van der Waals surface area contributed by atoms with Gasteiger partial charge in [-0.2, -0.15) is 0 Å². The fourth-order valence-corrected chi connectivity index (χ4v) is 5.94. The number of nitrogens with one attached hydrogen (secondary N) is 1. The molecule has 8 heteroatoms. The summed E-state index contributed by atoms with van der Waals surface area (Å²) in [4.78, 5) is 0. The summed E-state index contributed by atoms with van der Waals surface area (Å²) in [6.45, 7) is 0.517. The molecule has 4 aromatic rings. The van der Waals surface area contributed by atoms with Crippen molar-refractivity contribution in [3.63, 3.8) is 0 Å². The summed E-state index contributed by atoms with van der Waals surface area (Å²) in [6.07, 6.45) is -2.03. The van der Waals surface area contributed by atoms with E-state index in [-0.39, 0.29) is 39.5 Å². The number of aliphatic hydroxyl groups is 3. The first-order valence-corrected chi connectivity index (χ1v) is 15.9. The molecule has 0 amide bonds. The van der Waals surface area contributed by atoms with Crippen LogP contribution in [0.4, 0.5) is 0 Å². The summed E-state index contributed by atoms with van der Waals surface area (Å²) >= 11 is 0. The van der Waals surface area contributed by atoms with Gasteiger partial charge in [0.05, 0.1) is 52.3 Å². The van der Waals surface area contributed by atoms with Gasteiger partial charge in [-0.1, -0.05) is 121 Å². The van der Waals surface area contributed by atoms with Gasteiger partial charge in [0, 0.05) is 6.04 Å². The molecule has 1 saturated carbocycles. The van der Waals surface area contributed by atoms with Gasteiger partial charge < -0.3 is 39.6 Å². The normalized spacial score (nSPS) is 23.0. The zero-order valence-corrected chi connectivity index (χ0v) is 26.1. The number of hydrogen-bond acceptors (Lipinski definition) is 8. The maximum atomic E-state index is 12.5. The Labute approximate surface area is 271 Å². The molecule has 4 N–H and O–H groups in total. The minimum absolute atomic E-state index is 0.0287. The highest BCUT2D eigenvalue weighted by Gasteiger charge is 2.55. The summed E-state index contributed by atoms with van der Waals surface area (Å²) in [7, 11) is 0. The maximum absolute atomic E-state index is 12.5. The fraction of sp³-hybridized carbons (Fsp3) is 0.368. The zero-order valence-electron chi connectivity index (χ0n) is 26.1. The van der Waals surface area contributed by atoms with Crippen molar-refractivity contribution in [3.05, 3.63) is 144 Å². The van der Waals surface area contributed by atoms with Crippen molar-refractivity contribution in [2.24, 2.45) is 0 Å². The first-order chi connectivity index (χ1) is 22.6. The lowest BCUT2D eigenvalue weighted by atomic mass is 9.75. The Morgan fingerprint density at radius 2 is 1.00 bits per heavy atom. The van der Waals surface area contributed by atoms with E-state index in [0.717, 1.165) is 22.3 Å². The fourth-order valence-electron chi connectivity index (χ4n) is 5.94. The molecule has 1 aliphatic carbocycles. The van der Waals surface area contributed by atoms with Crippen molar-refractivity contribution in [2.75, 3.05) is 19.8 Å². The molecule has 1 fully saturated rings.